The summed E-state index contributed by atoms with van der Waals surface area (Å²) in [6.07, 6.45) is 6.01. The van der Waals surface area contributed by atoms with Gasteiger partial charge in [0.2, 0.25) is 0 Å². The van der Waals surface area contributed by atoms with Gasteiger partial charge in [-0.25, -0.2) is 4.79 Å². The standard InChI is InChI=1S/C28H37NO8/c1-16(2)7-5-8-17(3)9-6-12-28(4)23(31)14-19-22(30)13-18-20(25(19)37-28)15-29(26(18)34)21(27(35)36)10-11-24(32)33/h7,9,13,21,23,30-31H,5-6,8,10-12,14-15H2,1-4H3,(H,32,33)(H,35,36)/t21-,23-,28-/m0/s1. The highest BCUT2D eigenvalue weighted by Gasteiger charge is 2.45. The molecule has 0 fully saturated rings. The average Bonchev–Trinajstić information content (AvgIpc) is 3.11. The van der Waals surface area contributed by atoms with Crippen LogP contribution in [0.1, 0.15) is 87.7 Å². The SMILES string of the molecule is CC(C)=CCCC(C)=CCC[C@]1(C)Oc2c(c(O)cc3c2CN([C@@H](CCC(=O)O)C(=O)O)C3=O)C[C@@H]1O. The highest BCUT2D eigenvalue weighted by atomic mass is 16.5. The second-order valence-electron chi connectivity index (χ2n) is 10.5. The smallest absolute Gasteiger partial charge is 0.326 e. The zero-order valence-corrected chi connectivity index (χ0v) is 21.9. The van der Waals surface area contributed by atoms with Crippen molar-refractivity contribution in [2.45, 2.75) is 96.9 Å². The maximum Gasteiger partial charge on any atom is 0.326 e. The van der Waals surface area contributed by atoms with E-state index in [1.807, 2.05) is 0 Å². The molecule has 1 aromatic carbocycles. The van der Waals surface area contributed by atoms with Crippen molar-refractivity contribution in [1.29, 1.82) is 0 Å². The van der Waals surface area contributed by atoms with Crippen molar-refractivity contribution in [2.24, 2.45) is 0 Å². The molecule has 9 heteroatoms. The number of carbonyl (C=O) groups excluding carboxylic acids is 1. The number of phenolic OH excluding ortho intramolecular Hbond substituents is 1. The number of hydrogen-bond donors (Lipinski definition) is 4. The fraction of sp³-hybridized carbons (Fsp3) is 0.536. The molecule has 202 valence electrons. The molecule has 0 radical (unpaired) electrons. The Hall–Kier alpha value is -3.33. The number of aliphatic hydroxyl groups excluding tert-OH is 1. The first-order valence-electron chi connectivity index (χ1n) is 12.6. The second kappa shape index (κ2) is 11.4. The minimum atomic E-state index is -1.33. The molecule has 3 atom stereocenters. The summed E-state index contributed by atoms with van der Waals surface area (Å²) in [6.45, 7) is 7.92. The minimum absolute atomic E-state index is 0.0804. The quantitative estimate of drug-likeness (QED) is 0.321. The molecule has 4 N–H and O–H groups in total. The number of aliphatic hydroxyl groups is 1. The third kappa shape index (κ3) is 6.33. The summed E-state index contributed by atoms with van der Waals surface area (Å²) in [5, 5.41) is 40.2. The van der Waals surface area contributed by atoms with Gasteiger partial charge in [0.25, 0.3) is 5.91 Å². The average molecular weight is 516 g/mol. The zero-order valence-electron chi connectivity index (χ0n) is 21.9. The number of benzene rings is 1. The predicted molar refractivity (Wildman–Crippen MR) is 137 cm³/mol. The Kier molecular flexibility index (Phi) is 8.68. The topological polar surface area (TPSA) is 145 Å². The van der Waals surface area contributed by atoms with Crippen LogP contribution in [0.15, 0.2) is 29.4 Å². The van der Waals surface area contributed by atoms with Crippen molar-refractivity contribution in [1.82, 2.24) is 4.90 Å². The fourth-order valence-corrected chi connectivity index (χ4v) is 4.95. The van der Waals surface area contributed by atoms with Gasteiger partial charge >= 0.3 is 11.9 Å². The highest BCUT2D eigenvalue weighted by molar-refractivity contribution is 6.02. The number of carbonyl (C=O) groups is 3. The number of fused-ring (bicyclic) bond motifs is 3. The van der Waals surface area contributed by atoms with Crippen LogP contribution < -0.4 is 4.74 Å². The molecule has 1 amide bonds. The van der Waals surface area contributed by atoms with E-state index in [0.29, 0.717) is 29.7 Å². The van der Waals surface area contributed by atoms with Gasteiger partial charge in [-0.2, -0.15) is 0 Å². The summed E-state index contributed by atoms with van der Waals surface area (Å²) in [6, 6.07) is -0.0435. The van der Waals surface area contributed by atoms with Crippen LogP contribution in [0.25, 0.3) is 0 Å². The summed E-state index contributed by atoms with van der Waals surface area (Å²) in [5.74, 6) is -2.95. The maximum absolute atomic E-state index is 13.1. The summed E-state index contributed by atoms with van der Waals surface area (Å²) < 4.78 is 6.32. The van der Waals surface area contributed by atoms with E-state index < -0.39 is 42.0 Å². The van der Waals surface area contributed by atoms with Crippen LogP contribution >= 0.6 is 0 Å². The molecule has 3 rings (SSSR count). The number of rotatable bonds is 11. The van der Waals surface area contributed by atoms with Gasteiger partial charge in [0.15, 0.2) is 0 Å². The highest BCUT2D eigenvalue weighted by Crippen LogP contribution is 2.46. The molecule has 2 aliphatic heterocycles. The van der Waals surface area contributed by atoms with Crippen LogP contribution in [-0.4, -0.2) is 60.9 Å². The molecule has 1 aromatic rings. The van der Waals surface area contributed by atoms with Crippen LogP contribution in [0.5, 0.6) is 11.5 Å². The monoisotopic (exact) mass is 515 g/mol. The molecule has 0 aromatic heterocycles. The van der Waals surface area contributed by atoms with Gasteiger partial charge in [-0.1, -0.05) is 23.3 Å². The first-order chi connectivity index (χ1) is 17.3. The van der Waals surface area contributed by atoms with E-state index in [4.69, 9.17) is 9.84 Å². The third-order valence-corrected chi connectivity index (χ3v) is 7.24. The van der Waals surface area contributed by atoms with Crippen molar-refractivity contribution in [3.63, 3.8) is 0 Å². The molecule has 37 heavy (non-hydrogen) atoms. The fourth-order valence-electron chi connectivity index (χ4n) is 4.95. The lowest BCUT2D eigenvalue weighted by molar-refractivity contribution is -0.143. The molecule has 0 saturated carbocycles. The lowest BCUT2D eigenvalue weighted by Crippen LogP contribution is -2.49. The molecule has 2 heterocycles. The van der Waals surface area contributed by atoms with Crippen LogP contribution in [0.4, 0.5) is 0 Å². The molecule has 0 saturated heterocycles. The van der Waals surface area contributed by atoms with E-state index in [2.05, 4.69) is 32.9 Å². The minimum Gasteiger partial charge on any atom is -0.508 e. The number of aromatic hydroxyl groups is 1. The molecule has 0 spiro atoms. The molecular weight excluding hydrogens is 478 g/mol. The summed E-state index contributed by atoms with van der Waals surface area (Å²) in [5.41, 5.74) is 2.51. The van der Waals surface area contributed by atoms with Gasteiger partial charge in [-0.3, -0.25) is 9.59 Å². The van der Waals surface area contributed by atoms with Crippen molar-refractivity contribution >= 4 is 17.8 Å². The normalized spacial score (nSPS) is 21.6. The van der Waals surface area contributed by atoms with Gasteiger partial charge in [-0.05, 0) is 65.9 Å². The Labute approximate surface area is 217 Å². The molecule has 0 bridgehead atoms. The number of allylic oxidation sites excluding steroid dienone is 4. The number of aliphatic carboxylic acids is 2. The van der Waals surface area contributed by atoms with Crippen molar-refractivity contribution in [3.05, 3.63) is 46.1 Å². The van der Waals surface area contributed by atoms with E-state index in [1.165, 1.54) is 17.2 Å². The van der Waals surface area contributed by atoms with E-state index in [1.54, 1.807) is 6.92 Å². The Morgan fingerprint density at radius 1 is 1.16 bits per heavy atom. The van der Waals surface area contributed by atoms with Crippen LogP contribution in [0.2, 0.25) is 0 Å². The van der Waals surface area contributed by atoms with Crippen LogP contribution in [0, 0.1) is 0 Å². The number of ether oxygens (including phenoxy) is 1. The summed E-state index contributed by atoms with van der Waals surface area (Å²) in [4.78, 5) is 37.1. The number of phenols is 1. The van der Waals surface area contributed by atoms with Crippen LogP contribution in [0.3, 0.4) is 0 Å². The Bertz CT molecular complexity index is 1130. The Balaban J connectivity index is 1.83. The van der Waals surface area contributed by atoms with Crippen molar-refractivity contribution < 1.29 is 39.5 Å². The van der Waals surface area contributed by atoms with Gasteiger partial charge in [-0.15, -0.1) is 0 Å². The summed E-state index contributed by atoms with van der Waals surface area (Å²) >= 11 is 0. The van der Waals surface area contributed by atoms with Crippen molar-refractivity contribution in [3.8, 4) is 11.5 Å². The molecular formula is C28H37NO8. The predicted octanol–water partition coefficient (Wildman–Crippen LogP) is 4.19. The molecule has 2 aliphatic rings. The number of carboxylic acid groups (broad SMARTS) is 2. The van der Waals surface area contributed by atoms with E-state index in [9.17, 15) is 29.7 Å². The Morgan fingerprint density at radius 3 is 2.49 bits per heavy atom. The van der Waals surface area contributed by atoms with Gasteiger partial charge in [0.05, 0.1) is 18.2 Å². The number of hydrogen-bond acceptors (Lipinski definition) is 6. The van der Waals surface area contributed by atoms with Gasteiger partial charge in [0.1, 0.15) is 23.1 Å². The number of nitrogens with zero attached hydrogens (tertiary/aromatic N) is 1. The first kappa shape index (κ1) is 28.2. The molecule has 9 nitrogen and oxygen atoms in total. The first-order valence-corrected chi connectivity index (χ1v) is 12.6. The van der Waals surface area contributed by atoms with Gasteiger partial charge in [0, 0.05) is 24.0 Å². The van der Waals surface area contributed by atoms with E-state index in [0.717, 1.165) is 17.7 Å². The largest absolute Gasteiger partial charge is 0.508 e. The van der Waals surface area contributed by atoms with E-state index >= 15 is 0 Å². The lowest BCUT2D eigenvalue weighted by atomic mass is 9.84. The third-order valence-electron chi connectivity index (χ3n) is 7.24. The van der Waals surface area contributed by atoms with Crippen LogP contribution in [-0.2, 0) is 22.6 Å². The lowest BCUT2D eigenvalue weighted by Gasteiger charge is -2.41. The van der Waals surface area contributed by atoms with Crippen molar-refractivity contribution in [2.75, 3.05) is 0 Å². The zero-order chi connectivity index (χ0) is 27.5. The second-order valence-corrected chi connectivity index (χ2v) is 10.5. The number of amides is 1. The maximum atomic E-state index is 13.1. The van der Waals surface area contributed by atoms with Gasteiger partial charge < -0.3 is 30.1 Å². The Morgan fingerprint density at radius 2 is 1.86 bits per heavy atom. The summed E-state index contributed by atoms with van der Waals surface area (Å²) in [7, 11) is 0. The number of carboxylic acids is 2. The molecule has 0 aliphatic carbocycles. The van der Waals surface area contributed by atoms with E-state index in [-0.39, 0.29) is 30.7 Å². The molecule has 0 unspecified atom stereocenters.